The lowest BCUT2D eigenvalue weighted by molar-refractivity contribution is 0.0601. The van der Waals surface area contributed by atoms with Gasteiger partial charge in [0, 0.05) is 15.6 Å². The summed E-state index contributed by atoms with van der Waals surface area (Å²) in [4.78, 5) is 12.2. The number of carbonyl (C=O) groups is 1. The molecule has 1 rings (SSSR count). The summed E-state index contributed by atoms with van der Waals surface area (Å²) in [6, 6.07) is 1.87. The molecule has 0 amide bonds. The molecule has 0 aliphatic carbocycles. The Labute approximate surface area is 83.7 Å². The summed E-state index contributed by atoms with van der Waals surface area (Å²) in [6.45, 7) is 0. The molecule has 0 aliphatic heterocycles. The van der Waals surface area contributed by atoms with Gasteiger partial charge in [0.1, 0.15) is 0 Å². The molecule has 0 atom stereocenters. The highest BCUT2D eigenvalue weighted by molar-refractivity contribution is 9.09. The fourth-order valence-corrected chi connectivity index (χ4v) is 2.38. The maximum absolute atomic E-state index is 11.0. The Balaban J connectivity index is 2.70. The molecular weight excluding hydrogens is 240 g/mol. The highest BCUT2D eigenvalue weighted by atomic mass is 79.9. The minimum Gasteiger partial charge on any atom is -0.465 e. The Hall–Kier alpha value is -0.350. The first-order valence-corrected chi connectivity index (χ1v) is 5.49. The van der Waals surface area contributed by atoms with Crippen molar-refractivity contribution in [3.05, 3.63) is 21.9 Å². The quantitative estimate of drug-likeness (QED) is 0.607. The fraction of sp³-hybridized carbons (Fsp3) is 0.375. The van der Waals surface area contributed by atoms with Crippen LogP contribution in [-0.2, 0) is 11.2 Å². The van der Waals surface area contributed by atoms with Crippen LogP contribution >= 0.6 is 27.3 Å². The van der Waals surface area contributed by atoms with Gasteiger partial charge in [0.2, 0.25) is 0 Å². The molecule has 0 fully saturated rings. The van der Waals surface area contributed by atoms with Gasteiger partial charge in [0.25, 0.3) is 0 Å². The van der Waals surface area contributed by atoms with Crippen LogP contribution in [0.2, 0.25) is 0 Å². The number of esters is 1. The van der Waals surface area contributed by atoms with Gasteiger partial charge in [-0.15, -0.1) is 11.3 Å². The number of aryl methyl sites for hydroxylation is 1. The predicted molar refractivity (Wildman–Crippen MR) is 53.2 cm³/mol. The third kappa shape index (κ3) is 2.32. The van der Waals surface area contributed by atoms with Crippen LogP contribution in [0.1, 0.15) is 15.2 Å². The van der Waals surface area contributed by atoms with Crippen molar-refractivity contribution in [3.63, 3.8) is 0 Å². The minimum atomic E-state index is -0.257. The molecule has 0 saturated heterocycles. The lowest BCUT2D eigenvalue weighted by Crippen LogP contribution is -1.98. The molecule has 1 aromatic rings. The second-order valence-electron chi connectivity index (χ2n) is 2.23. The number of hydrogen-bond donors (Lipinski definition) is 0. The Morgan fingerprint density at radius 1 is 1.75 bits per heavy atom. The van der Waals surface area contributed by atoms with Gasteiger partial charge in [-0.05, 0) is 12.5 Å². The SMILES string of the molecule is COC(=O)c1csc(CCBr)c1. The van der Waals surface area contributed by atoms with E-state index in [2.05, 4.69) is 20.7 Å². The Morgan fingerprint density at radius 2 is 2.50 bits per heavy atom. The highest BCUT2D eigenvalue weighted by Gasteiger charge is 2.07. The summed E-state index contributed by atoms with van der Waals surface area (Å²) < 4.78 is 4.58. The monoisotopic (exact) mass is 248 g/mol. The average molecular weight is 249 g/mol. The van der Waals surface area contributed by atoms with Gasteiger partial charge in [0.15, 0.2) is 0 Å². The molecule has 1 aromatic heterocycles. The standard InChI is InChI=1S/C8H9BrO2S/c1-11-8(10)6-4-7(2-3-9)12-5-6/h4-5H,2-3H2,1H3. The van der Waals surface area contributed by atoms with Crippen molar-refractivity contribution in [1.82, 2.24) is 0 Å². The average Bonchev–Trinajstić information content (AvgIpc) is 2.52. The van der Waals surface area contributed by atoms with Gasteiger partial charge in [-0.3, -0.25) is 0 Å². The van der Waals surface area contributed by atoms with E-state index < -0.39 is 0 Å². The molecule has 0 unspecified atom stereocenters. The summed E-state index contributed by atoms with van der Waals surface area (Å²) in [5, 5.41) is 2.75. The van der Waals surface area contributed by atoms with Crippen molar-refractivity contribution in [3.8, 4) is 0 Å². The van der Waals surface area contributed by atoms with E-state index >= 15 is 0 Å². The highest BCUT2D eigenvalue weighted by Crippen LogP contribution is 2.16. The van der Waals surface area contributed by atoms with E-state index in [1.807, 2.05) is 11.4 Å². The summed E-state index contributed by atoms with van der Waals surface area (Å²) in [7, 11) is 1.39. The van der Waals surface area contributed by atoms with E-state index in [4.69, 9.17) is 0 Å². The number of alkyl halides is 1. The maximum atomic E-state index is 11.0. The topological polar surface area (TPSA) is 26.3 Å². The largest absolute Gasteiger partial charge is 0.465 e. The van der Waals surface area contributed by atoms with Gasteiger partial charge in [-0.1, -0.05) is 15.9 Å². The van der Waals surface area contributed by atoms with Gasteiger partial charge in [-0.25, -0.2) is 4.79 Å². The van der Waals surface area contributed by atoms with Crippen molar-refractivity contribution in [2.24, 2.45) is 0 Å². The molecule has 4 heteroatoms. The van der Waals surface area contributed by atoms with Crippen molar-refractivity contribution < 1.29 is 9.53 Å². The van der Waals surface area contributed by atoms with E-state index in [0.717, 1.165) is 11.8 Å². The fourth-order valence-electron chi connectivity index (χ4n) is 0.830. The number of carbonyl (C=O) groups excluding carboxylic acids is 1. The number of methoxy groups -OCH3 is 1. The first kappa shape index (κ1) is 9.74. The Kier molecular flexibility index (Phi) is 3.75. The molecule has 0 saturated carbocycles. The molecule has 0 N–H and O–H groups in total. The molecule has 0 aliphatic rings. The first-order valence-electron chi connectivity index (χ1n) is 3.49. The van der Waals surface area contributed by atoms with Crippen LogP contribution in [0, 0.1) is 0 Å². The van der Waals surface area contributed by atoms with Crippen LogP contribution in [-0.4, -0.2) is 18.4 Å². The summed E-state index contributed by atoms with van der Waals surface area (Å²) >= 11 is 4.93. The summed E-state index contributed by atoms with van der Waals surface area (Å²) in [5.41, 5.74) is 0.651. The van der Waals surface area contributed by atoms with Crippen molar-refractivity contribution in [2.75, 3.05) is 12.4 Å². The summed E-state index contributed by atoms with van der Waals surface area (Å²) in [6.07, 6.45) is 0.960. The van der Waals surface area contributed by atoms with Crippen molar-refractivity contribution >= 4 is 33.2 Å². The first-order chi connectivity index (χ1) is 5.77. The molecule has 0 spiro atoms. The van der Waals surface area contributed by atoms with E-state index in [1.54, 1.807) is 11.3 Å². The van der Waals surface area contributed by atoms with Crippen LogP contribution in [0.25, 0.3) is 0 Å². The second kappa shape index (κ2) is 4.62. The van der Waals surface area contributed by atoms with Crippen LogP contribution in [0.3, 0.4) is 0 Å². The molecule has 0 bridgehead atoms. The molecular formula is C8H9BrO2S. The third-order valence-corrected chi connectivity index (χ3v) is 2.81. The lowest BCUT2D eigenvalue weighted by atomic mass is 10.3. The zero-order chi connectivity index (χ0) is 8.97. The van der Waals surface area contributed by atoms with E-state index in [1.165, 1.54) is 12.0 Å². The van der Waals surface area contributed by atoms with Crippen LogP contribution in [0.5, 0.6) is 0 Å². The maximum Gasteiger partial charge on any atom is 0.338 e. The smallest absolute Gasteiger partial charge is 0.338 e. The zero-order valence-corrected chi connectivity index (χ0v) is 9.07. The lowest BCUT2D eigenvalue weighted by Gasteiger charge is -1.92. The number of hydrogen-bond acceptors (Lipinski definition) is 3. The number of thiophene rings is 1. The van der Waals surface area contributed by atoms with Crippen LogP contribution < -0.4 is 0 Å². The van der Waals surface area contributed by atoms with Gasteiger partial charge in [0.05, 0.1) is 12.7 Å². The number of halogens is 1. The Morgan fingerprint density at radius 3 is 3.08 bits per heavy atom. The predicted octanol–water partition coefficient (Wildman–Crippen LogP) is 2.47. The Bertz CT molecular complexity index is 270. The molecule has 66 valence electrons. The molecule has 0 radical (unpaired) electrons. The number of ether oxygens (including phenoxy) is 1. The number of rotatable bonds is 3. The second-order valence-corrected chi connectivity index (χ2v) is 4.02. The molecule has 0 aromatic carbocycles. The minimum absolute atomic E-state index is 0.257. The molecule has 2 nitrogen and oxygen atoms in total. The molecule has 12 heavy (non-hydrogen) atoms. The van der Waals surface area contributed by atoms with Crippen LogP contribution in [0.4, 0.5) is 0 Å². The summed E-state index contributed by atoms with van der Waals surface area (Å²) in [5.74, 6) is -0.257. The zero-order valence-electron chi connectivity index (χ0n) is 6.67. The van der Waals surface area contributed by atoms with E-state index in [0.29, 0.717) is 5.56 Å². The van der Waals surface area contributed by atoms with E-state index in [9.17, 15) is 4.79 Å². The van der Waals surface area contributed by atoms with Crippen molar-refractivity contribution in [2.45, 2.75) is 6.42 Å². The normalized spacial score (nSPS) is 9.83. The van der Waals surface area contributed by atoms with Crippen molar-refractivity contribution in [1.29, 1.82) is 0 Å². The molecule has 1 heterocycles. The van der Waals surface area contributed by atoms with Gasteiger partial charge < -0.3 is 4.74 Å². The third-order valence-electron chi connectivity index (χ3n) is 1.42. The van der Waals surface area contributed by atoms with Gasteiger partial charge >= 0.3 is 5.97 Å². The van der Waals surface area contributed by atoms with Gasteiger partial charge in [-0.2, -0.15) is 0 Å². The van der Waals surface area contributed by atoms with E-state index in [-0.39, 0.29) is 5.97 Å². The van der Waals surface area contributed by atoms with Crippen LogP contribution in [0.15, 0.2) is 11.4 Å².